The van der Waals surface area contributed by atoms with Gasteiger partial charge in [0.2, 0.25) is 0 Å². The average Bonchev–Trinajstić information content (AvgIpc) is 3.67. The second kappa shape index (κ2) is 10.6. The zero-order valence-electron chi connectivity index (χ0n) is 19.7. The summed E-state index contributed by atoms with van der Waals surface area (Å²) < 4.78 is 31.0. The van der Waals surface area contributed by atoms with Crippen LogP contribution in [0.25, 0.3) is 22.4 Å². The van der Waals surface area contributed by atoms with Gasteiger partial charge in [0.15, 0.2) is 0 Å². The summed E-state index contributed by atoms with van der Waals surface area (Å²) in [4.78, 5) is 4.60. The van der Waals surface area contributed by atoms with E-state index in [4.69, 9.17) is 27.4 Å². The number of hydrogen-bond acceptors (Lipinski definition) is 5. The molecule has 0 bridgehead atoms. The number of nitrogens with zero attached hydrogens (tertiary/aromatic N) is 1. The van der Waals surface area contributed by atoms with Crippen molar-refractivity contribution in [3.05, 3.63) is 98.0 Å². The highest BCUT2D eigenvalue weighted by atomic mass is 35.5. The first-order valence-electron chi connectivity index (χ1n) is 11.7. The predicted octanol–water partition coefficient (Wildman–Crippen LogP) is 8.30. The molecular formula is C28H25Cl2NO3S2. The van der Waals surface area contributed by atoms with Gasteiger partial charge in [0.1, 0.15) is 16.0 Å². The van der Waals surface area contributed by atoms with E-state index in [1.807, 2.05) is 48.6 Å². The van der Waals surface area contributed by atoms with E-state index < -0.39 is 16.2 Å². The van der Waals surface area contributed by atoms with Crippen LogP contribution >= 0.6 is 34.5 Å². The zero-order valence-corrected chi connectivity index (χ0v) is 22.8. The maximum Gasteiger partial charge on any atom is 0.264 e. The summed E-state index contributed by atoms with van der Waals surface area (Å²) in [6.45, 7) is 0. The summed E-state index contributed by atoms with van der Waals surface area (Å²) in [6, 6.07) is 20.2. The number of thiophene rings is 1. The molecule has 2 aromatic carbocycles. The van der Waals surface area contributed by atoms with E-state index in [0.717, 1.165) is 34.2 Å². The Labute approximate surface area is 225 Å². The van der Waals surface area contributed by atoms with Gasteiger partial charge in [0, 0.05) is 0 Å². The topological polar surface area (TPSA) is 56.3 Å². The molecule has 0 aliphatic heterocycles. The Balaban J connectivity index is 1.33. The summed E-state index contributed by atoms with van der Waals surface area (Å²) in [7, 11) is -3.63. The van der Waals surface area contributed by atoms with Crippen molar-refractivity contribution in [1.82, 2.24) is 4.98 Å². The maximum atomic E-state index is 12.0. The summed E-state index contributed by atoms with van der Waals surface area (Å²) in [6.07, 6.45) is 8.18. The minimum Gasteiger partial charge on any atom is -0.262 e. The van der Waals surface area contributed by atoms with Gasteiger partial charge in [0.05, 0.1) is 21.7 Å². The lowest BCUT2D eigenvalue weighted by atomic mass is 9.98. The largest absolute Gasteiger partial charge is 0.264 e. The highest BCUT2D eigenvalue weighted by Crippen LogP contribution is 2.40. The molecule has 1 aliphatic rings. The molecule has 0 spiro atoms. The smallest absolute Gasteiger partial charge is 0.262 e. The fourth-order valence-corrected chi connectivity index (χ4v) is 6.27. The lowest BCUT2D eigenvalue weighted by Crippen LogP contribution is -2.11. The molecule has 1 saturated carbocycles. The van der Waals surface area contributed by atoms with Gasteiger partial charge in [-0.1, -0.05) is 71.7 Å². The van der Waals surface area contributed by atoms with Crippen LogP contribution in [-0.2, 0) is 20.7 Å². The van der Waals surface area contributed by atoms with Crippen molar-refractivity contribution in [2.45, 2.75) is 37.7 Å². The Morgan fingerprint density at radius 1 is 1.08 bits per heavy atom. The van der Waals surface area contributed by atoms with Gasteiger partial charge in [-0.05, 0) is 78.1 Å². The van der Waals surface area contributed by atoms with Crippen molar-refractivity contribution in [3.63, 3.8) is 0 Å². The number of benzene rings is 2. The summed E-state index contributed by atoms with van der Waals surface area (Å²) in [5, 5.41) is 0.469. The monoisotopic (exact) mass is 557 g/mol. The minimum atomic E-state index is -3.63. The molecular weight excluding hydrogens is 533 g/mol. The lowest BCUT2D eigenvalue weighted by molar-refractivity contribution is 0.205. The third-order valence-corrected chi connectivity index (χ3v) is 8.72. The first-order valence-corrected chi connectivity index (χ1v) is 15.1. The molecule has 186 valence electrons. The van der Waals surface area contributed by atoms with Crippen LogP contribution in [0.4, 0.5) is 0 Å². The molecule has 2 aromatic heterocycles. The third-order valence-electron chi connectivity index (χ3n) is 6.20. The lowest BCUT2D eigenvalue weighted by Gasteiger charge is -2.17. The molecule has 0 radical (unpaired) electrons. The second-order valence-corrected chi connectivity index (χ2v) is 12.8. The van der Waals surface area contributed by atoms with Crippen LogP contribution in [0.3, 0.4) is 0 Å². The highest BCUT2D eigenvalue weighted by molar-refractivity contribution is 7.86. The molecule has 1 fully saturated rings. The number of pyridine rings is 1. The minimum absolute atomic E-state index is 0.469. The van der Waals surface area contributed by atoms with Gasteiger partial charge >= 0.3 is 0 Å². The van der Waals surface area contributed by atoms with Gasteiger partial charge < -0.3 is 0 Å². The standard InChI is InChI=1S/C28H25Cl2NO3S2/c1-36(32,33)34-24(15-8-18-5-9-20(10-6-18)21-11-12-21)22-4-2-3-19(17-22)7-13-23-14-16-25-27(31-23)26(29)28(30)35-25/h2-7,9-10,13-14,16-17,21,24H,8,11-12,15H2,1H3. The van der Waals surface area contributed by atoms with Crippen molar-refractivity contribution in [1.29, 1.82) is 0 Å². The molecule has 36 heavy (non-hydrogen) atoms. The summed E-state index contributed by atoms with van der Waals surface area (Å²) >= 11 is 13.8. The molecule has 2 heterocycles. The molecule has 5 rings (SSSR count). The number of aryl methyl sites for hydroxylation is 1. The quantitative estimate of drug-likeness (QED) is 0.194. The third kappa shape index (κ3) is 6.36. The molecule has 0 amide bonds. The van der Waals surface area contributed by atoms with E-state index in [1.54, 1.807) is 0 Å². The van der Waals surface area contributed by atoms with E-state index >= 15 is 0 Å². The van der Waals surface area contributed by atoms with Crippen molar-refractivity contribution >= 4 is 67.0 Å². The number of halogens is 2. The fourth-order valence-electron chi connectivity index (χ4n) is 4.23. The maximum absolute atomic E-state index is 12.0. The SMILES string of the molecule is CS(=O)(=O)OC(CCc1ccc(C2CC2)cc1)c1cccc(C=Cc2ccc3sc(Cl)c(Cl)c3n2)c1. The molecule has 4 aromatic rings. The van der Waals surface area contributed by atoms with Gasteiger partial charge in [-0.25, -0.2) is 4.98 Å². The second-order valence-electron chi connectivity index (χ2n) is 9.12. The van der Waals surface area contributed by atoms with Crippen LogP contribution in [0.5, 0.6) is 0 Å². The summed E-state index contributed by atoms with van der Waals surface area (Å²) in [5.41, 5.74) is 5.73. The van der Waals surface area contributed by atoms with E-state index in [-0.39, 0.29) is 0 Å². The first kappa shape index (κ1) is 25.4. The van der Waals surface area contributed by atoms with Gasteiger partial charge in [-0.3, -0.25) is 4.18 Å². The Hall–Kier alpha value is -2.22. The van der Waals surface area contributed by atoms with E-state index in [9.17, 15) is 8.42 Å². The Morgan fingerprint density at radius 2 is 1.86 bits per heavy atom. The molecule has 1 aliphatic carbocycles. The van der Waals surface area contributed by atoms with Crippen molar-refractivity contribution in [3.8, 4) is 0 Å². The van der Waals surface area contributed by atoms with Crippen LogP contribution in [0, 0.1) is 0 Å². The number of rotatable bonds is 9. The van der Waals surface area contributed by atoms with Crippen molar-refractivity contribution < 1.29 is 12.6 Å². The Bertz CT molecular complexity index is 1520. The Morgan fingerprint density at radius 3 is 2.58 bits per heavy atom. The Kier molecular flexibility index (Phi) is 7.52. The van der Waals surface area contributed by atoms with E-state index in [1.165, 1.54) is 35.3 Å². The van der Waals surface area contributed by atoms with Crippen molar-refractivity contribution in [2.75, 3.05) is 6.26 Å². The number of aromatic nitrogens is 1. The normalized spacial score (nSPS) is 15.1. The van der Waals surface area contributed by atoms with Crippen LogP contribution in [0.1, 0.15) is 59.2 Å². The predicted molar refractivity (Wildman–Crippen MR) is 150 cm³/mol. The van der Waals surface area contributed by atoms with Crippen LogP contribution in [0.2, 0.25) is 9.36 Å². The highest BCUT2D eigenvalue weighted by Gasteiger charge is 2.23. The fraction of sp³-hybridized carbons (Fsp3) is 0.250. The average molecular weight is 559 g/mol. The molecule has 1 atom stereocenters. The van der Waals surface area contributed by atoms with Crippen molar-refractivity contribution in [2.24, 2.45) is 0 Å². The van der Waals surface area contributed by atoms with Gasteiger partial charge in [-0.2, -0.15) is 8.42 Å². The molecule has 1 unspecified atom stereocenters. The van der Waals surface area contributed by atoms with Crippen LogP contribution < -0.4 is 0 Å². The van der Waals surface area contributed by atoms with Gasteiger partial charge in [-0.15, -0.1) is 11.3 Å². The molecule has 0 N–H and O–H groups in total. The molecule has 4 nitrogen and oxygen atoms in total. The van der Waals surface area contributed by atoms with E-state index in [0.29, 0.717) is 27.2 Å². The zero-order chi connectivity index (χ0) is 25.3. The van der Waals surface area contributed by atoms with Gasteiger partial charge in [0.25, 0.3) is 10.1 Å². The summed E-state index contributed by atoms with van der Waals surface area (Å²) in [5.74, 6) is 0.716. The first-order chi connectivity index (χ1) is 17.2. The molecule has 8 heteroatoms. The van der Waals surface area contributed by atoms with E-state index in [2.05, 4.69) is 29.2 Å². The van der Waals surface area contributed by atoms with Crippen LogP contribution in [0.15, 0.2) is 60.7 Å². The molecule has 0 saturated heterocycles. The van der Waals surface area contributed by atoms with Crippen LogP contribution in [-0.4, -0.2) is 19.7 Å². The number of hydrogen-bond donors (Lipinski definition) is 0. The number of fused-ring (bicyclic) bond motifs is 1.